The molecule has 1 rings (SSSR count). The van der Waals surface area contributed by atoms with Crippen LogP contribution in [-0.2, 0) is 14.6 Å². The molecule has 0 spiro atoms. The molecule has 1 aromatic carbocycles. The Bertz CT molecular complexity index is 668. The van der Waals surface area contributed by atoms with Crippen LogP contribution in [0.1, 0.15) is 13.3 Å². The Morgan fingerprint density at radius 2 is 2.00 bits per heavy atom. The van der Waals surface area contributed by atoms with E-state index >= 15 is 0 Å². The van der Waals surface area contributed by atoms with Crippen LogP contribution in [0.4, 0.5) is 4.39 Å². The summed E-state index contributed by atoms with van der Waals surface area (Å²) < 4.78 is 46.6. The zero-order valence-corrected chi connectivity index (χ0v) is 16.3. The van der Waals surface area contributed by atoms with Gasteiger partial charge in [-0.25, -0.2) is 12.8 Å². The first kappa shape index (κ1) is 22.2. The van der Waals surface area contributed by atoms with Crippen LogP contribution in [0.15, 0.2) is 29.3 Å². The number of guanidine groups is 1. The van der Waals surface area contributed by atoms with Crippen molar-refractivity contribution in [1.29, 1.82) is 0 Å². The van der Waals surface area contributed by atoms with E-state index < -0.39 is 9.84 Å². The van der Waals surface area contributed by atoms with Crippen molar-refractivity contribution in [3.8, 4) is 5.75 Å². The van der Waals surface area contributed by atoms with Gasteiger partial charge in [-0.1, -0.05) is 19.1 Å². The van der Waals surface area contributed by atoms with E-state index in [-0.39, 0.29) is 30.0 Å². The maximum atomic E-state index is 13.7. The van der Waals surface area contributed by atoms with E-state index in [1.807, 2.05) is 6.92 Å². The number of rotatable bonds is 11. The number of sulfone groups is 1. The fraction of sp³-hybridized carbons (Fsp3) is 0.588. The molecule has 1 aromatic rings. The summed E-state index contributed by atoms with van der Waals surface area (Å²) in [5.74, 6) is 0.404. The second-order valence-corrected chi connectivity index (χ2v) is 7.96. The molecule has 1 unspecified atom stereocenters. The first-order valence-corrected chi connectivity index (χ1v) is 10.5. The Hall–Kier alpha value is -1.87. The average Bonchev–Trinajstić information content (AvgIpc) is 2.60. The van der Waals surface area contributed by atoms with Crippen molar-refractivity contribution in [2.24, 2.45) is 4.99 Å². The monoisotopic (exact) mass is 389 g/mol. The zero-order chi connectivity index (χ0) is 19.4. The van der Waals surface area contributed by atoms with Gasteiger partial charge in [0.15, 0.2) is 17.5 Å². The van der Waals surface area contributed by atoms with Crippen LogP contribution in [0, 0.1) is 5.82 Å². The first-order valence-electron chi connectivity index (χ1n) is 8.47. The molecule has 7 nitrogen and oxygen atoms in total. The third-order valence-corrected chi connectivity index (χ3v) is 4.35. The molecule has 9 heteroatoms. The van der Waals surface area contributed by atoms with Crippen molar-refractivity contribution in [2.75, 3.05) is 45.4 Å². The standard InChI is InChI=1S/C17H28FN3O4S/c1-4-14(25-16-8-6-5-7-15(16)18)13-21-17(19-2)20-9-10-24-11-12-26(3,22)23/h5-8,14H,4,9-13H2,1-3H3,(H2,19,20,21). The van der Waals surface area contributed by atoms with Crippen LogP contribution in [0.5, 0.6) is 5.75 Å². The van der Waals surface area contributed by atoms with Crippen molar-refractivity contribution in [2.45, 2.75) is 19.4 Å². The van der Waals surface area contributed by atoms with E-state index in [2.05, 4.69) is 15.6 Å². The maximum absolute atomic E-state index is 13.7. The van der Waals surface area contributed by atoms with Gasteiger partial charge in [0.05, 0.1) is 25.5 Å². The molecule has 0 aliphatic carbocycles. The lowest BCUT2D eigenvalue weighted by atomic mass is 10.2. The summed E-state index contributed by atoms with van der Waals surface area (Å²) in [5.41, 5.74) is 0. The summed E-state index contributed by atoms with van der Waals surface area (Å²) in [7, 11) is -1.37. The summed E-state index contributed by atoms with van der Waals surface area (Å²) in [5, 5.41) is 6.17. The van der Waals surface area contributed by atoms with E-state index in [1.54, 1.807) is 25.2 Å². The Kier molecular flexibility index (Phi) is 9.97. The lowest BCUT2D eigenvalue weighted by Gasteiger charge is -2.20. The van der Waals surface area contributed by atoms with Crippen LogP contribution < -0.4 is 15.4 Å². The van der Waals surface area contributed by atoms with Crippen LogP contribution >= 0.6 is 0 Å². The number of hydrogen-bond donors (Lipinski definition) is 2. The molecule has 0 aliphatic heterocycles. The fourth-order valence-corrected chi connectivity index (χ4v) is 2.39. The Morgan fingerprint density at radius 3 is 2.62 bits per heavy atom. The number of ether oxygens (including phenoxy) is 2. The number of para-hydroxylation sites is 1. The second kappa shape index (κ2) is 11.7. The highest BCUT2D eigenvalue weighted by molar-refractivity contribution is 7.90. The predicted molar refractivity (Wildman–Crippen MR) is 101 cm³/mol. The zero-order valence-electron chi connectivity index (χ0n) is 15.5. The number of halogens is 1. The van der Waals surface area contributed by atoms with Gasteiger partial charge in [0.2, 0.25) is 0 Å². The highest BCUT2D eigenvalue weighted by atomic mass is 32.2. The lowest BCUT2D eigenvalue weighted by Crippen LogP contribution is -2.43. The third-order valence-electron chi connectivity index (χ3n) is 3.44. The van der Waals surface area contributed by atoms with Gasteiger partial charge in [0.25, 0.3) is 0 Å². The van der Waals surface area contributed by atoms with E-state index in [0.717, 1.165) is 0 Å². The summed E-state index contributed by atoms with van der Waals surface area (Å²) in [6, 6.07) is 6.30. The molecule has 0 aromatic heterocycles. The largest absolute Gasteiger partial charge is 0.486 e. The van der Waals surface area contributed by atoms with Gasteiger partial charge in [0, 0.05) is 19.8 Å². The van der Waals surface area contributed by atoms with Gasteiger partial charge in [-0.3, -0.25) is 4.99 Å². The average molecular weight is 389 g/mol. The minimum Gasteiger partial charge on any atom is -0.486 e. The van der Waals surface area contributed by atoms with Crippen molar-refractivity contribution >= 4 is 15.8 Å². The molecule has 2 N–H and O–H groups in total. The molecule has 0 amide bonds. The van der Waals surface area contributed by atoms with Gasteiger partial charge in [0.1, 0.15) is 15.9 Å². The smallest absolute Gasteiger partial charge is 0.191 e. The fourth-order valence-electron chi connectivity index (χ4n) is 1.97. The summed E-state index contributed by atoms with van der Waals surface area (Å²) in [4.78, 5) is 4.09. The van der Waals surface area contributed by atoms with Crippen LogP contribution in [-0.4, -0.2) is 65.8 Å². The second-order valence-electron chi connectivity index (χ2n) is 5.70. The minimum absolute atomic E-state index is 0.00549. The molecule has 148 valence electrons. The van der Waals surface area contributed by atoms with Crippen LogP contribution in [0.2, 0.25) is 0 Å². The number of benzene rings is 1. The van der Waals surface area contributed by atoms with Crippen molar-refractivity contribution in [3.05, 3.63) is 30.1 Å². The van der Waals surface area contributed by atoms with Gasteiger partial charge < -0.3 is 20.1 Å². The number of nitrogens with one attached hydrogen (secondary N) is 2. The SMILES string of the molecule is CCC(CNC(=NC)NCCOCCS(C)(=O)=O)Oc1ccccc1F. The Labute approximate surface area is 154 Å². The van der Waals surface area contributed by atoms with Crippen LogP contribution in [0.25, 0.3) is 0 Å². The Balaban J connectivity index is 2.30. The normalized spacial score (nSPS) is 13.3. The molecule has 26 heavy (non-hydrogen) atoms. The van der Waals surface area contributed by atoms with Gasteiger partial charge >= 0.3 is 0 Å². The predicted octanol–water partition coefficient (Wildman–Crippen LogP) is 1.21. The molecular weight excluding hydrogens is 361 g/mol. The quantitative estimate of drug-likeness (QED) is 0.336. The van der Waals surface area contributed by atoms with Crippen LogP contribution in [0.3, 0.4) is 0 Å². The minimum atomic E-state index is -3.00. The molecule has 0 heterocycles. The van der Waals surface area contributed by atoms with E-state index in [1.165, 1.54) is 12.3 Å². The molecular formula is C17H28FN3O4S. The summed E-state index contributed by atoms with van der Waals surface area (Å²) >= 11 is 0. The first-order chi connectivity index (χ1) is 12.4. The third kappa shape index (κ3) is 9.57. The molecule has 0 bridgehead atoms. The molecule has 0 fully saturated rings. The highest BCUT2D eigenvalue weighted by Crippen LogP contribution is 2.17. The molecule has 0 radical (unpaired) electrons. The number of nitrogens with zero attached hydrogens (tertiary/aromatic N) is 1. The summed E-state index contributed by atoms with van der Waals surface area (Å²) in [6.07, 6.45) is 1.66. The van der Waals surface area contributed by atoms with E-state index in [0.29, 0.717) is 32.1 Å². The van der Waals surface area contributed by atoms with Crippen molar-refractivity contribution in [1.82, 2.24) is 10.6 Å². The maximum Gasteiger partial charge on any atom is 0.191 e. The summed E-state index contributed by atoms with van der Waals surface area (Å²) in [6.45, 7) is 3.42. The molecule has 0 aliphatic rings. The molecule has 0 saturated carbocycles. The van der Waals surface area contributed by atoms with Crippen molar-refractivity contribution in [3.63, 3.8) is 0 Å². The van der Waals surface area contributed by atoms with Gasteiger partial charge in [-0.2, -0.15) is 0 Å². The molecule has 1 atom stereocenters. The number of aliphatic imine (C=N–C) groups is 1. The lowest BCUT2D eigenvalue weighted by molar-refractivity contribution is 0.153. The van der Waals surface area contributed by atoms with E-state index in [4.69, 9.17) is 9.47 Å². The topological polar surface area (TPSA) is 89.0 Å². The molecule has 0 saturated heterocycles. The van der Waals surface area contributed by atoms with Crippen molar-refractivity contribution < 1.29 is 22.3 Å². The Morgan fingerprint density at radius 1 is 1.27 bits per heavy atom. The van der Waals surface area contributed by atoms with Gasteiger partial charge in [-0.15, -0.1) is 0 Å². The highest BCUT2D eigenvalue weighted by Gasteiger charge is 2.11. The van der Waals surface area contributed by atoms with Gasteiger partial charge in [-0.05, 0) is 18.6 Å². The number of hydrogen-bond acceptors (Lipinski definition) is 5. The van der Waals surface area contributed by atoms with E-state index in [9.17, 15) is 12.8 Å².